The minimum absolute atomic E-state index is 0.106. The molecule has 0 radical (unpaired) electrons. The van der Waals surface area contributed by atoms with Crippen LogP contribution in [0.4, 0.5) is 5.69 Å². The number of anilines is 1. The van der Waals surface area contributed by atoms with E-state index in [4.69, 9.17) is 5.73 Å². The van der Waals surface area contributed by atoms with Gasteiger partial charge in [-0.15, -0.1) is 0 Å². The Labute approximate surface area is 117 Å². The molecule has 0 atom stereocenters. The molecule has 1 fully saturated rings. The lowest BCUT2D eigenvalue weighted by Gasteiger charge is -2.16. The summed E-state index contributed by atoms with van der Waals surface area (Å²) in [5, 5.41) is 7.12. The number of nitrogen functional groups attached to an aromatic ring is 1. The number of aromatic nitrogens is 2. The molecule has 2 aromatic rings. The van der Waals surface area contributed by atoms with Gasteiger partial charge in [-0.2, -0.15) is 5.10 Å². The summed E-state index contributed by atoms with van der Waals surface area (Å²) in [6, 6.07) is 9.49. The Morgan fingerprint density at radius 2 is 2.10 bits per heavy atom. The number of hydrogen-bond donors (Lipinski definition) is 2. The third kappa shape index (κ3) is 2.39. The zero-order chi connectivity index (χ0) is 14.0. The Bertz CT molecular complexity index is 585. The van der Waals surface area contributed by atoms with E-state index in [0.29, 0.717) is 13.1 Å². The Hall–Kier alpha value is -2.30. The van der Waals surface area contributed by atoms with Crippen molar-refractivity contribution in [1.29, 1.82) is 0 Å². The molecule has 0 saturated heterocycles. The molecule has 0 aliphatic heterocycles. The molecule has 1 amide bonds. The average Bonchev–Trinajstić information content (AvgIpc) is 3.10. The van der Waals surface area contributed by atoms with Gasteiger partial charge in [-0.3, -0.25) is 9.48 Å². The molecule has 5 nitrogen and oxygen atoms in total. The van der Waals surface area contributed by atoms with Crippen molar-refractivity contribution in [1.82, 2.24) is 15.1 Å². The van der Waals surface area contributed by atoms with Crippen molar-refractivity contribution in [3.8, 4) is 0 Å². The standard InChI is InChI=1S/C15H18N4O/c16-13-4-2-12(3-5-13)15(6-7-15)14(20)17-9-11-19-10-1-8-18-19/h1-5,8,10H,6-7,9,11,16H2,(H,17,20). The highest BCUT2D eigenvalue weighted by atomic mass is 16.2. The number of nitrogens with two attached hydrogens (primary N) is 1. The van der Waals surface area contributed by atoms with Crippen LogP contribution in [0.15, 0.2) is 42.7 Å². The second-order valence-electron chi connectivity index (χ2n) is 5.23. The van der Waals surface area contributed by atoms with Gasteiger partial charge in [-0.05, 0) is 36.6 Å². The molecule has 0 unspecified atom stereocenters. The predicted octanol–water partition coefficient (Wildman–Crippen LogP) is 1.31. The van der Waals surface area contributed by atoms with Crippen LogP contribution in [0.1, 0.15) is 18.4 Å². The molecule has 1 aromatic carbocycles. The maximum absolute atomic E-state index is 12.4. The van der Waals surface area contributed by atoms with Crippen LogP contribution in [0.25, 0.3) is 0 Å². The van der Waals surface area contributed by atoms with Crippen molar-refractivity contribution in [3.63, 3.8) is 0 Å². The minimum atomic E-state index is -0.335. The highest BCUT2D eigenvalue weighted by Gasteiger charge is 2.50. The van der Waals surface area contributed by atoms with Gasteiger partial charge in [0.1, 0.15) is 0 Å². The van der Waals surface area contributed by atoms with E-state index in [9.17, 15) is 4.79 Å². The molecular weight excluding hydrogens is 252 g/mol. The van der Waals surface area contributed by atoms with Crippen molar-refractivity contribution in [2.24, 2.45) is 0 Å². The largest absolute Gasteiger partial charge is 0.399 e. The summed E-state index contributed by atoms with van der Waals surface area (Å²) in [6.45, 7) is 1.29. The SMILES string of the molecule is Nc1ccc(C2(C(=O)NCCn3cccn3)CC2)cc1. The van der Waals surface area contributed by atoms with Crippen LogP contribution in [0, 0.1) is 0 Å². The van der Waals surface area contributed by atoms with E-state index in [0.717, 1.165) is 24.1 Å². The van der Waals surface area contributed by atoms with Gasteiger partial charge in [0.25, 0.3) is 0 Å². The number of nitrogens with zero attached hydrogens (tertiary/aromatic N) is 2. The molecule has 3 rings (SSSR count). The molecule has 0 spiro atoms. The number of rotatable bonds is 5. The van der Waals surface area contributed by atoms with Crippen LogP contribution < -0.4 is 11.1 Å². The first-order valence-corrected chi connectivity index (χ1v) is 6.82. The molecule has 1 aliphatic rings. The molecule has 104 valence electrons. The van der Waals surface area contributed by atoms with E-state index < -0.39 is 0 Å². The summed E-state index contributed by atoms with van der Waals surface area (Å²) >= 11 is 0. The predicted molar refractivity (Wildman–Crippen MR) is 77.0 cm³/mol. The molecule has 5 heteroatoms. The zero-order valence-electron chi connectivity index (χ0n) is 11.2. The van der Waals surface area contributed by atoms with Gasteiger partial charge in [0.15, 0.2) is 0 Å². The highest BCUT2D eigenvalue weighted by molar-refractivity contribution is 5.91. The molecule has 0 bridgehead atoms. The molecule has 3 N–H and O–H groups in total. The molecule has 1 aromatic heterocycles. The lowest BCUT2D eigenvalue weighted by molar-refractivity contribution is -0.123. The van der Waals surface area contributed by atoms with Crippen LogP contribution >= 0.6 is 0 Å². The van der Waals surface area contributed by atoms with Gasteiger partial charge in [-0.1, -0.05) is 12.1 Å². The van der Waals surface area contributed by atoms with Gasteiger partial charge < -0.3 is 11.1 Å². The van der Waals surface area contributed by atoms with Crippen LogP contribution in [-0.4, -0.2) is 22.2 Å². The van der Waals surface area contributed by atoms with Gasteiger partial charge in [0.2, 0.25) is 5.91 Å². The van der Waals surface area contributed by atoms with Crippen LogP contribution in [0.2, 0.25) is 0 Å². The Balaban J connectivity index is 1.60. The van der Waals surface area contributed by atoms with Gasteiger partial charge in [-0.25, -0.2) is 0 Å². The van der Waals surface area contributed by atoms with E-state index in [1.54, 1.807) is 6.20 Å². The zero-order valence-corrected chi connectivity index (χ0v) is 11.2. The maximum Gasteiger partial charge on any atom is 0.230 e. The summed E-state index contributed by atoms with van der Waals surface area (Å²) in [5.41, 5.74) is 7.14. The Morgan fingerprint density at radius 3 is 2.70 bits per heavy atom. The first-order valence-electron chi connectivity index (χ1n) is 6.82. The van der Waals surface area contributed by atoms with E-state index in [1.165, 1.54) is 0 Å². The molecule has 1 aliphatic carbocycles. The summed E-state index contributed by atoms with van der Waals surface area (Å²) in [6.07, 6.45) is 5.44. The number of amides is 1. The van der Waals surface area contributed by atoms with Crippen LogP contribution in [0.3, 0.4) is 0 Å². The lowest BCUT2D eigenvalue weighted by atomic mass is 9.95. The molecule has 20 heavy (non-hydrogen) atoms. The molecule has 1 saturated carbocycles. The average molecular weight is 270 g/mol. The maximum atomic E-state index is 12.4. The van der Waals surface area contributed by atoms with E-state index >= 15 is 0 Å². The highest BCUT2D eigenvalue weighted by Crippen LogP contribution is 2.48. The fourth-order valence-electron chi connectivity index (χ4n) is 2.46. The smallest absolute Gasteiger partial charge is 0.230 e. The fourth-order valence-corrected chi connectivity index (χ4v) is 2.46. The number of carbonyl (C=O) groups is 1. The Kier molecular flexibility index (Phi) is 3.18. The minimum Gasteiger partial charge on any atom is -0.399 e. The van der Waals surface area contributed by atoms with Gasteiger partial charge in [0, 0.05) is 24.6 Å². The molecule has 1 heterocycles. The lowest BCUT2D eigenvalue weighted by Crippen LogP contribution is -2.36. The number of benzene rings is 1. The fraction of sp³-hybridized carbons (Fsp3) is 0.333. The monoisotopic (exact) mass is 270 g/mol. The van der Waals surface area contributed by atoms with Crippen molar-refractivity contribution in [3.05, 3.63) is 48.3 Å². The topological polar surface area (TPSA) is 72.9 Å². The van der Waals surface area contributed by atoms with Crippen molar-refractivity contribution in [2.45, 2.75) is 24.8 Å². The third-order valence-corrected chi connectivity index (χ3v) is 3.83. The summed E-state index contributed by atoms with van der Waals surface area (Å²) in [5.74, 6) is 0.106. The van der Waals surface area contributed by atoms with Crippen LogP contribution in [0.5, 0.6) is 0 Å². The summed E-state index contributed by atoms with van der Waals surface area (Å²) < 4.78 is 1.81. The van der Waals surface area contributed by atoms with E-state index in [1.807, 2.05) is 41.2 Å². The Morgan fingerprint density at radius 1 is 1.35 bits per heavy atom. The number of hydrogen-bond acceptors (Lipinski definition) is 3. The van der Waals surface area contributed by atoms with Crippen molar-refractivity contribution >= 4 is 11.6 Å². The number of nitrogens with one attached hydrogen (secondary N) is 1. The van der Waals surface area contributed by atoms with Gasteiger partial charge >= 0.3 is 0 Å². The second-order valence-corrected chi connectivity index (χ2v) is 5.23. The van der Waals surface area contributed by atoms with Crippen molar-refractivity contribution in [2.75, 3.05) is 12.3 Å². The first-order chi connectivity index (χ1) is 9.71. The second kappa shape index (κ2) is 5.00. The quantitative estimate of drug-likeness (QED) is 0.805. The van der Waals surface area contributed by atoms with Crippen molar-refractivity contribution < 1.29 is 4.79 Å². The third-order valence-electron chi connectivity index (χ3n) is 3.83. The summed E-state index contributed by atoms with van der Waals surface area (Å²) in [4.78, 5) is 12.4. The van der Waals surface area contributed by atoms with E-state index in [-0.39, 0.29) is 11.3 Å². The van der Waals surface area contributed by atoms with Gasteiger partial charge in [0.05, 0.1) is 12.0 Å². The first kappa shape index (κ1) is 12.7. The van der Waals surface area contributed by atoms with E-state index in [2.05, 4.69) is 10.4 Å². The summed E-state index contributed by atoms with van der Waals surface area (Å²) in [7, 11) is 0. The number of carbonyl (C=O) groups excluding carboxylic acids is 1. The van der Waals surface area contributed by atoms with Crippen LogP contribution in [-0.2, 0) is 16.8 Å². The molecular formula is C15H18N4O. The normalized spacial score (nSPS) is 15.8.